The van der Waals surface area contributed by atoms with Gasteiger partial charge in [0.05, 0.1) is 12.0 Å². The number of hydrogen-bond acceptors (Lipinski definition) is 5. The van der Waals surface area contributed by atoms with E-state index in [1.54, 1.807) is 6.21 Å². The molecule has 172 valence electrons. The van der Waals surface area contributed by atoms with Gasteiger partial charge in [0.15, 0.2) is 11.0 Å². The Morgan fingerprint density at radius 2 is 1.74 bits per heavy atom. The quantitative estimate of drug-likeness (QED) is 0.196. The van der Waals surface area contributed by atoms with Crippen molar-refractivity contribution in [1.82, 2.24) is 20.2 Å². The molecule has 3 aromatic carbocycles. The molecule has 0 saturated heterocycles. The predicted octanol–water partition coefficient (Wildman–Crippen LogP) is 5.70. The fourth-order valence-electron chi connectivity index (χ4n) is 3.26. The van der Waals surface area contributed by atoms with Crippen molar-refractivity contribution in [3.05, 3.63) is 94.5 Å². The molecule has 1 amide bonds. The van der Waals surface area contributed by atoms with Gasteiger partial charge in [-0.1, -0.05) is 84.4 Å². The Morgan fingerprint density at radius 3 is 2.41 bits per heavy atom. The van der Waals surface area contributed by atoms with Crippen LogP contribution >= 0.6 is 23.4 Å². The maximum absolute atomic E-state index is 12.4. The first-order valence-electron chi connectivity index (χ1n) is 10.9. The van der Waals surface area contributed by atoms with E-state index in [4.69, 9.17) is 11.6 Å². The number of nitrogens with zero attached hydrogens (tertiary/aromatic N) is 4. The number of amides is 1. The molecule has 1 heterocycles. The van der Waals surface area contributed by atoms with Crippen molar-refractivity contribution in [2.24, 2.45) is 5.10 Å². The van der Waals surface area contributed by atoms with E-state index in [0.29, 0.717) is 16.0 Å². The van der Waals surface area contributed by atoms with Crippen molar-refractivity contribution >= 4 is 35.5 Å². The highest BCUT2D eigenvalue weighted by molar-refractivity contribution is 7.99. The van der Waals surface area contributed by atoms with Gasteiger partial charge in [-0.2, -0.15) is 5.10 Å². The zero-order valence-corrected chi connectivity index (χ0v) is 20.5. The molecule has 0 bridgehead atoms. The molecule has 0 atom stereocenters. The van der Waals surface area contributed by atoms with Crippen LogP contribution in [0, 0.1) is 6.92 Å². The zero-order chi connectivity index (χ0) is 23.9. The number of aryl methyl sites for hydroxylation is 2. The van der Waals surface area contributed by atoms with E-state index >= 15 is 0 Å². The number of nitrogens with one attached hydrogen (secondary N) is 1. The van der Waals surface area contributed by atoms with Gasteiger partial charge in [-0.05, 0) is 48.7 Å². The first-order valence-corrected chi connectivity index (χ1v) is 12.2. The van der Waals surface area contributed by atoms with E-state index in [-0.39, 0.29) is 11.7 Å². The van der Waals surface area contributed by atoms with E-state index in [1.165, 1.54) is 17.3 Å². The van der Waals surface area contributed by atoms with Crippen LogP contribution in [0.2, 0.25) is 5.02 Å². The summed E-state index contributed by atoms with van der Waals surface area (Å²) in [4.78, 5) is 12.4. The molecule has 0 saturated carbocycles. The molecule has 34 heavy (non-hydrogen) atoms. The van der Waals surface area contributed by atoms with Crippen molar-refractivity contribution in [1.29, 1.82) is 0 Å². The third-order valence-electron chi connectivity index (χ3n) is 5.15. The normalized spacial score (nSPS) is 11.1. The fraction of sp³-hybridized carbons (Fsp3) is 0.154. The number of rotatable bonds is 8. The Bertz CT molecular complexity index is 1280. The third kappa shape index (κ3) is 5.92. The van der Waals surface area contributed by atoms with Crippen LogP contribution in [0.4, 0.5) is 0 Å². The summed E-state index contributed by atoms with van der Waals surface area (Å²) in [5, 5.41) is 14.1. The Labute approximate surface area is 208 Å². The van der Waals surface area contributed by atoms with Gasteiger partial charge in [-0.3, -0.25) is 9.36 Å². The van der Waals surface area contributed by atoms with Crippen molar-refractivity contribution < 1.29 is 4.79 Å². The summed E-state index contributed by atoms with van der Waals surface area (Å²) in [6.45, 7) is 4.15. The Hall–Kier alpha value is -3.42. The molecule has 6 nitrogen and oxygen atoms in total. The number of carbonyl (C=O) groups is 1. The summed E-state index contributed by atoms with van der Waals surface area (Å²) in [5.41, 5.74) is 7.72. The molecule has 0 aliphatic rings. The fourth-order valence-corrected chi connectivity index (χ4v) is 4.13. The number of halogens is 1. The maximum Gasteiger partial charge on any atom is 0.250 e. The standard InChI is InChI=1S/C26H24ClN5OS/c1-3-19-6-8-20(9-7-19)16-28-29-24(33)17-34-26-31-30-25(21-10-4-18(2)5-11-21)32(26)23-14-12-22(27)13-15-23/h4-16H,3,17H2,1-2H3,(H,29,33). The first-order chi connectivity index (χ1) is 16.5. The molecule has 4 aromatic rings. The second-order valence-electron chi connectivity index (χ2n) is 7.66. The van der Waals surface area contributed by atoms with Crippen LogP contribution in [-0.4, -0.2) is 32.6 Å². The minimum Gasteiger partial charge on any atom is -0.272 e. The van der Waals surface area contributed by atoms with Crippen LogP contribution in [0.5, 0.6) is 0 Å². The van der Waals surface area contributed by atoms with Crippen molar-refractivity contribution in [2.75, 3.05) is 5.75 Å². The molecule has 0 aliphatic heterocycles. The van der Waals surface area contributed by atoms with Gasteiger partial charge in [0.1, 0.15) is 0 Å². The van der Waals surface area contributed by atoms with Gasteiger partial charge in [-0.25, -0.2) is 5.43 Å². The van der Waals surface area contributed by atoms with Gasteiger partial charge in [0.2, 0.25) is 0 Å². The molecule has 0 unspecified atom stereocenters. The summed E-state index contributed by atoms with van der Waals surface area (Å²) in [7, 11) is 0. The molecule has 4 rings (SSSR count). The summed E-state index contributed by atoms with van der Waals surface area (Å²) in [6, 6.07) is 23.6. The molecule has 0 fully saturated rings. The number of benzene rings is 3. The lowest BCUT2D eigenvalue weighted by molar-refractivity contribution is -0.118. The molecule has 0 spiro atoms. The Balaban J connectivity index is 1.48. The molecule has 8 heteroatoms. The zero-order valence-electron chi connectivity index (χ0n) is 18.9. The van der Waals surface area contributed by atoms with Gasteiger partial charge in [0, 0.05) is 16.3 Å². The van der Waals surface area contributed by atoms with Gasteiger partial charge in [-0.15, -0.1) is 10.2 Å². The molecule has 0 aliphatic carbocycles. The minimum atomic E-state index is -0.228. The van der Waals surface area contributed by atoms with Gasteiger partial charge in [0.25, 0.3) is 5.91 Å². The smallest absolute Gasteiger partial charge is 0.250 e. The second-order valence-corrected chi connectivity index (χ2v) is 9.04. The third-order valence-corrected chi connectivity index (χ3v) is 6.33. The Morgan fingerprint density at radius 1 is 1.03 bits per heavy atom. The highest BCUT2D eigenvalue weighted by Crippen LogP contribution is 2.28. The lowest BCUT2D eigenvalue weighted by atomic mass is 10.1. The molecule has 1 N–H and O–H groups in total. The van der Waals surface area contributed by atoms with Gasteiger partial charge < -0.3 is 0 Å². The van der Waals surface area contributed by atoms with Crippen molar-refractivity contribution in [2.45, 2.75) is 25.4 Å². The van der Waals surface area contributed by atoms with Gasteiger partial charge >= 0.3 is 0 Å². The van der Waals surface area contributed by atoms with Crippen LogP contribution in [-0.2, 0) is 11.2 Å². The van der Waals surface area contributed by atoms with Crippen LogP contribution in [0.1, 0.15) is 23.6 Å². The summed E-state index contributed by atoms with van der Waals surface area (Å²) in [6.07, 6.45) is 2.62. The highest BCUT2D eigenvalue weighted by Gasteiger charge is 2.17. The van der Waals surface area contributed by atoms with Crippen molar-refractivity contribution in [3.63, 3.8) is 0 Å². The molecular formula is C26H24ClN5OS. The number of carbonyl (C=O) groups excluding carboxylic acids is 1. The Kier molecular flexibility index (Phi) is 7.77. The first kappa shape index (κ1) is 23.7. The monoisotopic (exact) mass is 489 g/mol. The van der Waals surface area contributed by atoms with E-state index in [1.807, 2.05) is 84.3 Å². The topological polar surface area (TPSA) is 72.2 Å². The summed E-state index contributed by atoms with van der Waals surface area (Å²) in [5.74, 6) is 0.610. The van der Waals surface area contributed by atoms with Crippen LogP contribution in [0.3, 0.4) is 0 Å². The van der Waals surface area contributed by atoms with E-state index in [2.05, 4.69) is 27.6 Å². The summed E-state index contributed by atoms with van der Waals surface area (Å²) >= 11 is 7.38. The van der Waals surface area contributed by atoms with E-state index < -0.39 is 0 Å². The van der Waals surface area contributed by atoms with Crippen LogP contribution in [0.25, 0.3) is 17.1 Å². The number of thioether (sulfide) groups is 1. The highest BCUT2D eigenvalue weighted by atomic mass is 35.5. The van der Waals surface area contributed by atoms with E-state index in [0.717, 1.165) is 28.8 Å². The SMILES string of the molecule is CCc1ccc(C=NNC(=O)CSc2nnc(-c3ccc(C)cc3)n2-c2ccc(Cl)cc2)cc1. The summed E-state index contributed by atoms with van der Waals surface area (Å²) < 4.78 is 1.93. The number of hydrogen-bond donors (Lipinski definition) is 1. The number of hydrazone groups is 1. The van der Waals surface area contributed by atoms with Crippen LogP contribution in [0.15, 0.2) is 83.1 Å². The van der Waals surface area contributed by atoms with Crippen LogP contribution < -0.4 is 5.43 Å². The lowest BCUT2D eigenvalue weighted by Gasteiger charge is -2.10. The average Bonchev–Trinajstić information content (AvgIpc) is 3.28. The largest absolute Gasteiger partial charge is 0.272 e. The molecule has 0 radical (unpaired) electrons. The maximum atomic E-state index is 12.4. The van der Waals surface area contributed by atoms with Crippen molar-refractivity contribution in [3.8, 4) is 17.1 Å². The molecule has 1 aromatic heterocycles. The second kappa shape index (κ2) is 11.1. The lowest BCUT2D eigenvalue weighted by Crippen LogP contribution is -2.20. The minimum absolute atomic E-state index is 0.145. The number of aromatic nitrogens is 3. The average molecular weight is 490 g/mol. The molecular weight excluding hydrogens is 466 g/mol. The van der Waals surface area contributed by atoms with E-state index in [9.17, 15) is 4.79 Å². The predicted molar refractivity (Wildman–Crippen MR) is 139 cm³/mol.